The van der Waals surface area contributed by atoms with Crippen molar-refractivity contribution in [3.05, 3.63) is 80.2 Å². The molecule has 0 bridgehead atoms. The minimum atomic E-state index is -0.380. The summed E-state index contributed by atoms with van der Waals surface area (Å²) in [6.45, 7) is 6.23. The van der Waals surface area contributed by atoms with E-state index in [9.17, 15) is 9.59 Å². The number of nitrogens with one attached hydrogen (secondary N) is 1. The SMILES string of the molecule is Cc1cc(C)c2oc(C(=O)NCC(c3ccc(Cl)cc3)N3CCCCC3)cc(=O)c2c1. The van der Waals surface area contributed by atoms with Crippen molar-refractivity contribution in [2.75, 3.05) is 19.6 Å². The summed E-state index contributed by atoms with van der Waals surface area (Å²) >= 11 is 6.07. The fourth-order valence-corrected chi connectivity index (χ4v) is 4.50. The Morgan fingerprint density at radius 3 is 2.52 bits per heavy atom. The van der Waals surface area contributed by atoms with Crippen molar-refractivity contribution in [2.24, 2.45) is 0 Å². The topological polar surface area (TPSA) is 62.6 Å². The van der Waals surface area contributed by atoms with Gasteiger partial charge in [-0.3, -0.25) is 14.5 Å². The standard InChI is InChI=1S/C25H27ClN2O3/c1-16-12-17(2)24-20(13-16)22(29)14-23(31-24)25(30)27-15-21(28-10-4-3-5-11-28)18-6-8-19(26)9-7-18/h6-9,12-14,21H,3-5,10-11,15H2,1-2H3,(H,27,30). The Morgan fingerprint density at radius 1 is 1.10 bits per heavy atom. The molecule has 0 saturated carbocycles. The van der Waals surface area contributed by atoms with E-state index < -0.39 is 0 Å². The second-order valence-corrected chi connectivity index (χ2v) is 8.74. The quantitative estimate of drug-likeness (QED) is 0.607. The summed E-state index contributed by atoms with van der Waals surface area (Å²) < 4.78 is 5.85. The summed E-state index contributed by atoms with van der Waals surface area (Å²) in [6.07, 6.45) is 3.53. The van der Waals surface area contributed by atoms with Gasteiger partial charge in [0.25, 0.3) is 5.91 Å². The van der Waals surface area contributed by atoms with Crippen molar-refractivity contribution < 1.29 is 9.21 Å². The maximum atomic E-state index is 12.9. The average molecular weight is 439 g/mol. The maximum Gasteiger partial charge on any atom is 0.287 e. The number of piperidine rings is 1. The van der Waals surface area contributed by atoms with E-state index in [2.05, 4.69) is 10.2 Å². The van der Waals surface area contributed by atoms with Crippen molar-refractivity contribution in [2.45, 2.75) is 39.2 Å². The molecule has 1 aliphatic rings. The summed E-state index contributed by atoms with van der Waals surface area (Å²) in [4.78, 5) is 27.9. The first-order valence-electron chi connectivity index (χ1n) is 10.8. The molecule has 1 saturated heterocycles. The van der Waals surface area contributed by atoms with E-state index in [1.807, 2.05) is 44.2 Å². The van der Waals surface area contributed by atoms with Crippen LogP contribution in [0.15, 0.2) is 51.7 Å². The fraction of sp³-hybridized carbons (Fsp3) is 0.360. The van der Waals surface area contributed by atoms with Gasteiger partial charge in [0.05, 0.1) is 11.4 Å². The van der Waals surface area contributed by atoms with Gasteiger partial charge < -0.3 is 9.73 Å². The highest BCUT2D eigenvalue weighted by atomic mass is 35.5. The monoisotopic (exact) mass is 438 g/mol. The number of amides is 1. The Hall–Kier alpha value is -2.63. The van der Waals surface area contributed by atoms with Gasteiger partial charge in [0.2, 0.25) is 0 Å². The first-order chi connectivity index (χ1) is 14.9. The smallest absolute Gasteiger partial charge is 0.287 e. The van der Waals surface area contributed by atoms with Crippen molar-refractivity contribution in [1.82, 2.24) is 10.2 Å². The lowest BCUT2D eigenvalue weighted by molar-refractivity contribution is 0.0897. The van der Waals surface area contributed by atoms with E-state index in [0.717, 1.165) is 42.6 Å². The number of likely N-dealkylation sites (tertiary alicyclic amines) is 1. The predicted octanol–water partition coefficient (Wildman–Crippen LogP) is 5.02. The van der Waals surface area contributed by atoms with Gasteiger partial charge in [-0.1, -0.05) is 36.2 Å². The van der Waals surface area contributed by atoms with Gasteiger partial charge in [-0.25, -0.2) is 0 Å². The summed E-state index contributed by atoms with van der Waals surface area (Å²) in [7, 11) is 0. The molecule has 0 radical (unpaired) electrons. The van der Waals surface area contributed by atoms with E-state index in [-0.39, 0.29) is 23.1 Å². The van der Waals surface area contributed by atoms with Crippen LogP contribution >= 0.6 is 11.6 Å². The Bertz CT molecular complexity index is 1150. The number of aryl methyl sites for hydroxylation is 2. The Labute approximate surface area is 187 Å². The van der Waals surface area contributed by atoms with Gasteiger partial charge in [0.15, 0.2) is 11.2 Å². The van der Waals surface area contributed by atoms with Crippen LogP contribution in [0, 0.1) is 13.8 Å². The third-order valence-electron chi connectivity index (χ3n) is 5.92. The van der Waals surface area contributed by atoms with Gasteiger partial charge in [0.1, 0.15) is 5.58 Å². The molecule has 5 nitrogen and oxygen atoms in total. The number of carbonyl (C=O) groups excluding carboxylic acids is 1. The highest BCUT2D eigenvalue weighted by Gasteiger charge is 2.24. The van der Waals surface area contributed by atoms with Crippen LogP contribution in [-0.4, -0.2) is 30.4 Å². The van der Waals surface area contributed by atoms with Crippen LogP contribution in [0.5, 0.6) is 0 Å². The van der Waals surface area contributed by atoms with Crippen LogP contribution in [0.25, 0.3) is 11.0 Å². The summed E-state index contributed by atoms with van der Waals surface area (Å²) in [5.74, 6) is -0.340. The molecule has 2 heterocycles. The molecule has 0 aliphatic carbocycles. The van der Waals surface area contributed by atoms with E-state index in [1.165, 1.54) is 12.5 Å². The van der Waals surface area contributed by atoms with Gasteiger partial charge >= 0.3 is 0 Å². The molecule has 2 aromatic carbocycles. The van der Waals surface area contributed by atoms with Gasteiger partial charge in [-0.05, 0) is 74.7 Å². The van der Waals surface area contributed by atoms with E-state index >= 15 is 0 Å². The number of fused-ring (bicyclic) bond motifs is 1. The number of benzene rings is 2. The van der Waals surface area contributed by atoms with E-state index in [1.54, 1.807) is 6.07 Å². The second-order valence-electron chi connectivity index (χ2n) is 8.31. The molecule has 1 N–H and O–H groups in total. The highest BCUT2D eigenvalue weighted by Crippen LogP contribution is 2.26. The minimum Gasteiger partial charge on any atom is -0.450 e. The van der Waals surface area contributed by atoms with Crippen LogP contribution in [0.1, 0.15) is 52.5 Å². The average Bonchev–Trinajstić information content (AvgIpc) is 2.76. The van der Waals surface area contributed by atoms with E-state index in [4.69, 9.17) is 16.0 Å². The predicted molar refractivity (Wildman–Crippen MR) is 124 cm³/mol. The van der Waals surface area contributed by atoms with Crippen LogP contribution in [-0.2, 0) is 0 Å². The van der Waals surface area contributed by atoms with E-state index in [0.29, 0.717) is 22.5 Å². The maximum absolute atomic E-state index is 12.9. The zero-order valence-corrected chi connectivity index (χ0v) is 18.7. The Morgan fingerprint density at radius 2 is 1.81 bits per heavy atom. The lowest BCUT2D eigenvalue weighted by atomic mass is 10.0. The molecule has 6 heteroatoms. The summed E-state index contributed by atoms with van der Waals surface area (Å²) in [5, 5.41) is 4.18. The second kappa shape index (κ2) is 9.25. The molecule has 4 rings (SSSR count). The van der Waals surface area contributed by atoms with Crippen LogP contribution in [0.2, 0.25) is 5.02 Å². The molecule has 3 aromatic rings. The normalized spacial score (nSPS) is 15.7. The Kier molecular flexibility index (Phi) is 6.44. The molecule has 1 amide bonds. The molecule has 162 valence electrons. The highest BCUT2D eigenvalue weighted by molar-refractivity contribution is 6.30. The van der Waals surface area contributed by atoms with Crippen molar-refractivity contribution in [3.63, 3.8) is 0 Å². The van der Waals surface area contributed by atoms with Gasteiger partial charge in [-0.2, -0.15) is 0 Å². The first-order valence-corrected chi connectivity index (χ1v) is 11.1. The lowest BCUT2D eigenvalue weighted by Crippen LogP contribution is -2.40. The third kappa shape index (κ3) is 4.83. The largest absolute Gasteiger partial charge is 0.450 e. The lowest BCUT2D eigenvalue weighted by Gasteiger charge is -2.35. The summed E-state index contributed by atoms with van der Waals surface area (Å²) in [5.41, 5.74) is 3.20. The number of nitrogens with zero attached hydrogens (tertiary/aromatic N) is 1. The molecular weight excluding hydrogens is 412 g/mol. The van der Waals surface area contributed by atoms with Crippen LogP contribution in [0.3, 0.4) is 0 Å². The fourth-order valence-electron chi connectivity index (χ4n) is 4.37. The minimum absolute atomic E-state index is 0.0398. The summed E-state index contributed by atoms with van der Waals surface area (Å²) in [6, 6.07) is 12.8. The molecular formula is C25H27ClN2O3. The van der Waals surface area contributed by atoms with Crippen molar-refractivity contribution in [3.8, 4) is 0 Å². The zero-order valence-electron chi connectivity index (χ0n) is 17.9. The molecule has 1 aliphatic heterocycles. The molecule has 1 fully saturated rings. The van der Waals surface area contributed by atoms with Crippen LogP contribution in [0.4, 0.5) is 0 Å². The number of rotatable bonds is 5. The molecule has 1 aromatic heterocycles. The number of halogens is 1. The first kappa shape index (κ1) is 21.6. The van der Waals surface area contributed by atoms with Gasteiger partial charge in [0, 0.05) is 17.6 Å². The van der Waals surface area contributed by atoms with Crippen molar-refractivity contribution in [1.29, 1.82) is 0 Å². The molecule has 1 atom stereocenters. The molecule has 31 heavy (non-hydrogen) atoms. The number of hydrogen-bond acceptors (Lipinski definition) is 4. The number of carbonyl (C=O) groups is 1. The van der Waals surface area contributed by atoms with Gasteiger partial charge in [-0.15, -0.1) is 0 Å². The zero-order chi connectivity index (χ0) is 22.0. The molecule has 1 unspecified atom stereocenters. The van der Waals surface area contributed by atoms with Crippen LogP contribution < -0.4 is 10.7 Å². The van der Waals surface area contributed by atoms with Crippen molar-refractivity contribution >= 4 is 28.5 Å². The molecule has 0 spiro atoms. The third-order valence-corrected chi connectivity index (χ3v) is 6.18. The Balaban J connectivity index is 1.57. The number of hydrogen-bond donors (Lipinski definition) is 1.